The number of piperidine rings is 1. The van der Waals surface area contributed by atoms with Gasteiger partial charge in [0.1, 0.15) is 0 Å². The van der Waals surface area contributed by atoms with E-state index in [1.807, 2.05) is 0 Å². The highest BCUT2D eigenvalue weighted by atomic mass is 19.4. The van der Waals surface area contributed by atoms with E-state index in [0.717, 1.165) is 12.2 Å². The van der Waals surface area contributed by atoms with Crippen LogP contribution in [0.3, 0.4) is 0 Å². The summed E-state index contributed by atoms with van der Waals surface area (Å²) in [5, 5.41) is 0. The molecule has 1 unspecified atom stereocenters. The molecule has 10 heteroatoms. The Morgan fingerprint density at radius 3 is 2.07 bits per heavy atom. The van der Waals surface area contributed by atoms with Crippen LogP contribution in [0.2, 0.25) is 0 Å². The number of alkyl halides is 6. The molecule has 4 nitrogen and oxygen atoms in total. The Morgan fingerprint density at radius 1 is 1.04 bits per heavy atom. The van der Waals surface area contributed by atoms with Crippen LogP contribution in [-0.2, 0) is 21.9 Å². The molecule has 0 aromatic heterocycles. The minimum absolute atomic E-state index is 0.0151. The van der Waals surface area contributed by atoms with Crippen molar-refractivity contribution in [1.82, 2.24) is 4.90 Å². The van der Waals surface area contributed by atoms with Crippen molar-refractivity contribution in [3.8, 4) is 0 Å². The van der Waals surface area contributed by atoms with Crippen molar-refractivity contribution < 1.29 is 35.9 Å². The lowest BCUT2D eigenvalue weighted by Gasteiger charge is -2.30. The summed E-state index contributed by atoms with van der Waals surface area (Å²) < 4.78 is 77.0. The van der Waals surface area contributed by atoms with E-state index in [0.29, 0.717) is 31.5 Å². The molecule has 148 valence electrons. The van der Waals surface area contributed by atoms with Gasteiger partial charge in [0.05, 0.1) is 17.0 Å². The van der Waals surface area contributed by atoms with Crippen LogP contribution in [0.15, 0.2) is 24.3 Å². The standard InChI is InChI=1S/C17H16F6N2O2/c18-16(19,20)12-6-10(7-13(8-12)17(21,22)23)3-4-14(26)25-5-1-2-11(9-25)15(24)27/h3-4,6-8,11H,1-2,5,9H2,(H2,24,27). The maximum atomic E-state index is 12.8. The molecule has 1 aromatic carbocycles. The second-order valence-corrected chi connectivity index (χ2v) is 6.20. The fourth-order valence-electron chi connectivity index (χ4n) is 2.76. The topological polar surface area (TPSA) is 63.4 Å². The third kappa shape index (κ3) is 5.48. The van der Waals surface area contributed by atoms with Crippen LogP contribution < -0.4 is 5.73 Å². The van der Waals surface area contributed by atoms with Crippen LogP contribution in [0.4, 0.5) is 26.3 Å². The molecule has 27 heavy (non-hydrogen) atoms. The SMILES string of the molecule is NC(=O)C1CCCN(C(=O)C=Cc2cc(C(F)(F)F)cc(C(F)(F)F)c2)C1. The number of nitrogens with two attached hydrogens (primary N) is 1. The van der Waals surface area contributed by atoms with E-state index < -0.39 is 46.8 Å². The van der Waals surface area contributed by atoms with Crippen molar-refractivity contribution in [2.45, 2.75) is 25.2 Å². The molecule has 0 bridgehead atoms. The Labute approximate surface area is 150 Å². The zero-order chi connectivity index (χ0) is 20.4. The number of amides is 2. The number of carbonyl (C=O) groups is 2. The first-order valence-corrected chi connectivity index (χ1v) is 7.93. The molecule has 2 N–H and O–H groups in total. The monoisotopic (exact) mass is 394 g/mol. The zero-order valence-corrected chi connectivity index (χ0v) is 13.9. The summed E-state index contributed by atoms with van der Waals surface area (Å²) in [4.78, 5) is 24.6. The number of primary amides is 1. The summed E-state index contributed by atoms with van der Waals surface area (Å²) in [5.41, 5.74) is 1.87. The molecule has 1 aliphatic heterocycles. The maximum Gasteiger partial charge on any atom is 0.416 e. The highest BCUT2D eigenvalue weighted by Crippen LogP contribution is 2.36. The summed E-state index contributed by atoms with van der Waals surface area (Å²) in [5.74, 6) is -1.71. The number of nitrogens with zero attached hydrogens (tertiary/aromatic N) is 1. The van der Waals surface area contributed by atoms with E-state index in [1.165, 1.54) is 4.90 Å². The van der Waals surface area contributed by atoms with E-state index in [9.17, 15) is 35.9 Å². The van der Waals surface area contributed by atoms with Gasteiger partial charge in [-0.15, -0.1) is 0 Å². The second kappa shape index (κ2) is 7.61. The van der Waals surface area contributed by atoms with Crippen LogP contribution >= 0.6 is 0 Å². The summed E-state index contributed by atoms with van der Waals surface area (Å²) >= 11 is 0. The van der Waals surface area contributed by atoms with Crippen LogP contribution in [-0.4, -0.2) is 29.8 Å². The van der Waals surface area contributed by atoms with Gasteiger partial charge in [0.15, 0.2) is 0 Å². The summed E-state index contributed by atoms with van der Waals surface area (Å²) in [6.07, 6.45) is -7.11. The Kier molecular flexibility index (Phi) is 5.86. The number of hydrogen-bond acceptors (Lipinski definition) is 2. The summed E-state index contributed by atoms with van der Waals surface area (Å²) in [6.45, 7) is 0.387. The van der Waals surface area contributed by atoms with Gasteiger partial charge in [-0.2, -0.15) is 26.3 Å². The Bertz CT molecular complexity index is 723. The summed E-state index contributed by atoms with van der Waals surface area (Å²) in [6, 6.07) is 1.07. The van der Waals surface area contributed by atoms with Gasteiger partial charge in [-0.05, 0) is 42.7 Å². The predicted molar refractivity (Wildman–Crippen MR) is 84.0 cm³/mol. The van der Waals surface area contributed by atoms with Crippen molar-refractivity contribution in [3.63, 3.8) is 0 Å². The molecule has 1 aliphatic rings. The van der Waals surface area contributed by atoms with Crippen molar-refractivity contribution in [2.75, 3.05) is 13.1 Å². The fraction of sp³-hybridized carbons (Fsp3) is 0.412. The molecular formula is C17H16F6N2O2. The van der Waals surface area contributed by atoms with Gasteiger partial charge in [-0.3, -0.25) is 9.59 Å². The van der Waals surface area contributed by atoms with Crippen LogP contribution in [0, 0.1) is 5.92 Å². The highest BCUT2D eigenvalue weighted by molar-refractivity contribution is 5.92. The third-order valence-electron chi connectivity index (χ3n) is 4.16. The number of hydrogen-bond donors (Lipinski definition) is 1. The first-order valence-electron chi connectivity index (χ1n) is 7.93. The Balaban J connectivity index is 2.25. The minimum atomic E-state index is -4.96. The van der Waals surface area contributed by atoms with Gasteiger partial charge in [0.25, 0.3) is 0 Å². The first-order chi connectivity index (χ1) is 12.4. The number of likely N-dealkylation sites (tertiary alicyclic amines) is 1. The number of halogens is 6. The first kappa shape index (κ1) is 20.8. The van der Waals surface area contributed by atoms with Crippen LogP contribution in [0.1, 0.15) is 29.5 Å². The average molecular weight is 394 g/mol. The van der Waals surface area contributed by atoms with Crippen molar-refractivity contribution in [2.24, 2.45) is 11.7 Å². The largest absolute Gasteiger partial charge is 0.416 e. The third-order valence-corrected chi connectivity index (χ3v) is 4.16. The molecule has 0 aliphatic carbocycles. The van der Waals surface area contributed by atoms with Gasteiger partial charge in [-0.25, -0.2) is 0 Å². The van der Waals surface area contributed by atoms with Gasteiger partial charge >= 0.3 is 12.4 Å². The molecular weight excluding hydrogens is 378 g/mol. The Hall–Kier alpha value is -2.52. The number of carbonyl (C=O) groups excluding carboxylic acids is 2. The highest BCUT2D eigenvalue weighted by Gasteiger charge is 2.36. The van der Waals surface area contributed by atoms with Gasteiger partial charge < -0.3 is 10.6 Å². The number of benzene rings is 1. The van der Waals surface area contributed by atoms with E-state index in [4.69, 9.17) is 5.73 Å². The molecule has 1 atom stereocenters. The van der Waals surface area contributed by atoms with E-state index in [-0.39, 0.29) is 12.6 Å². The molecule has 1 aromatic rings. The van der Waals surface area contributed by atoms with Gasteiger partial charge in [0.2, 0.25) is 11.8 Å². The average Bonchev–Trinajstić information content (AvgIpc) is 2.58. The Morgan fingerprint density at radius 2 is 1.59 bits per heavy atom. The molecule has 2 amide bonds. The van der Waals surface area contributed by atoms with E-state index in [1.54, 1.807) is 0 Å². The normalized spacial score (nSPS) is 18.7. The van der Waals surface area contributed by atoms with Crippen LogP contribution in [0.25, 0.3) is 6.08 Å². The lowest BCUT2D eigenvalue weighted by molar-refractivity contribution is -0.143. The van der Waals surface area contributed by atoms with E-state index in [2.05, 4.69) is 0 Å². The predicted octanol–water partition coefficient (Wildman–Crippen LogP) is 3.46. The molecule has 0 spiro atoms. The molecule has 1 saturated heterocycles. The summed E-state index contributed by atoms with van der Waals surface area (Å²) in [7, 11) is 0. The fourth-order valence-corrected chi connectivity index (χ4v) is 2.76. The molecule has 0 saturated carbocycles. The quantitative estimate of drug-likeness (QED) is 0.631. The minimum Gasteiger partial charge on any atom is -0.369 e. The zero-order valence-electron chi connectivity index (χ0n) is 13.9. The lowest BCUT2D eigenvalue weighted by Crippen LogP contribution is -2.43. The number of rotatable bonds is 3. The second-order valence-electron chi connectivity index (χ2n) is 6.20. The molecule has 2 rings (SSSR count). The smallest absolute Gasteiger partial charge is 0.369 e. The van der Waals surface area contributed by atoms with Crippen LogP contribution in [0.5, 0.6) is 0 Å². The van der Waals surface area contributed by atoms with Crippen molar-refractivity contribution in [3.05, 3.63) is 41.0 Å². The van der Waals surface area contributed by atoms with Gasteiger partial charge in [0, 0.05) is 19.2 Å². The van der Waals surface area contributed by atoms with Crippen molar-refractivity contribution in [1.29, 1.82) is 0 Å². The lowest BCUT2D eigenvalue weighted by atomic mass is 9.97. The molecule has 0 radical (unpaired) electrons. The molecule has 1 heterocycles. The molecule has 1 fully saturated rings. The van der Waals surface area contributed by atoms with Gasteiger partial charge in [-0.1, -0.05) is 0 Å². The maximum absolute atomic E-state index is 12.8. The van der Waals surface area contributed by atoms with E-state index >= 15 is 0 Å². The van der Waals surface area contributed by atoms with Crippen molar-refractivity contribution >= 4 is 17.9 Å².